The molecule has 1 aliphatic carbocycles. The third-order valence-corrected chi connectivity index (χ3v) is 4.63. The Morgan fingerprint density at radius 1 is 1.19 bits per heavy atom. The summed E-state index contributed by atoms with van der Waals surface area (Å²) in [5.74, 6) is 3.57. The molecule has 0 saturated heterocycles. The predicted molar refractivity (Wildman–Crippen MR) is 86.9 cm³/mol. The summed E-state index contributed by atoms with van der Waals surface area (Å²) in [7, 11) is 0. The van der Waals surface area contributed by atoms with Crippen LogP contribution in [0.2, 0.25) is 5.15 Å². The fourth-order valence-electron chi connectivity index (χ4n) is 3.14. The van der Waals surface area contributed by atoms with E-state index in [1.54, 1.807) is 6.07 Å². The number of halogens is 1. The minimum atomic E-state index is 0.236. The molecular weight excluding hydrogens is 284 g/mol. The van der Waals surface area contributed by atoms with Crippen LogP contribution >= 0.6 is 11.6 Å². The minimum Gasteiger partial charge on any atom is -0.474 e. The summed E-state index contributed by atoms with van der Waals surface area (Å²) in [5, 5.41) is 0.466. The molecule has 1 aromatic heterocycles. The predicted octanol–water partition coefficient (Wildman–Crippen LogP) is 5.09. The first-order valence-corrected chi connectivity index (χ1v) is 8.45. The lowest BCUT2D eigenvalue weighted by atomic mass is 9.75. The van der Waals surface area contributed by atoms with E-state index in [1.807, 2.05) is 0 Å². The zero-order valence-corrected chi connectivity index (χ0v) is 14.5. The van der Waals surface area contributed by atoms with Crippen LogP contribution in [0, 0.1) is 17.8 Å². The number of aromatic nitrogens is 2. The average molecular weight is 311 g/mol. The zero-order valence-electron chi connectivity index (χ0n) is 13.8. The molecule has 4 heteroatoms. The molecule has 0 radical (unpaired) electrons. The molecule has 1 aromatic rings. The average Bonchev–Trinajstić information content (AvgIpc) is 2.37. The summed E-state index contributed by atoms with van der Waals surface area (Å²) >= 11 is 6.11. The van der Waals surface area contributed by atoms with Gasteiger partial charge in [0, 0.05) is 12.0 Å². The van der Waals surface area contributed by atoms with Gasteiger partial charge in [-0.1, -0.05) is 52.6 Å². The van der Waals surface area contributed by atoms with Crippen LogP contribution in [-0.4, -0.2) is 16.1 Å². The Kier molecular flexibility index (Phi) is 5.48. The van der Waals surface area contributed by atoms with E-state index in [0.29, 0.717) is 28.8 Å². The first-order valence-electron chi connectivity index (χ1n) is 8.08. The van der Waals surface area contributed by atoms with E-state index in [2.05, 4.69) is 44.6 Å². The molecule has 1 aliphatic rings. The van der Waals surface area contributed by atoms with Gasteiger partial charge in [0.15, 0.2) is 0 Å². The normalized spacial score (nSPS) is 26.4. The highest BCUT2D eigenvalue weighted by Gasteiger charge is 2.32. The van der Waals surface area contributed by atoms with Crippen LogP contribution in [0.15, 0.2) is 6.07 Å². The first kappa shape index (κ1) is 16.5. The Balaban J connectivity index is 2.18. The van der Waals surface area contributed by atoms with Crippen molar-refractivity contribution in [2.45, 2.75) is 65.9 Å². The maximum Gasteiger partial charge on any atom is 0.218 e. The highest BCUT2D eigenvalue weighted by atomic mass is 35.5. The molecule has 21 heavy (non-hydrogen) atoms. The maximum absolute atomic E-state index is 6.24. The van der Waals surface area contributed by atoms with Gasteiger partial charge in [0.25, 0.3) is 0 Å². The second-order valence-corrected chi connectivity index (χ2v) is 7.41. The van der Waals surface area contributed by atoms with E-state index in [1.165, 1.54) is 12.8 Å². The second kappa shape index (κ2) is 6.95. The topological polar surface area (TPSA) is 35.0 Å². The monoisotopic (exact) mass is 310 g/mol. The van der Waals surface area contributed by atoms with Crippen molar-refractivity contribution in [2.75, 3.05) is 0 Å². The van der Waals surface area contributed by atoms with Gasteiger partial charge in [-0.3, -0.25) is 0 Å². The lowest BCUT2D eigenvalue weighted by Crippen LogP contribution is -2.36. The van der Waals surface area contributed by atoms with Gasteiger partial charge in [0.2, 0.25) is 5.88 Å². The number of rotatable bonds is 4. The summed E-state index contributed by atoms with van der Waals surface area (Å²) in [6, 6.07) is 1.74. The van der Waals surface area contributed by atoms with Gasteiger partial charge >= 0.3 is 0 Å². The smallest absolute Gasteiger partial charge is 0.218 e. The van der Waals surface area contributed by atoms with E-state index >= 15 is 0 Å². The number of hydrogen-bond donors (Lipinski definition) is 0. The molecule has 118 valence electrons. The van der Waals surface area contributed by atoms with Gasteiger partial charge in [0.1, 0.15) is 17.1 Å². The lowest BCUT2D eigenvalue weighted by Gasteiger charge is -2.37. The third kappa shape index (κ3) is 4.32. The maximum atomic E-state index is 6.24. The van der Waals surface area contributed by atoms with Crippen LogP contribution in [0.3, 0.4) is 0 Å². The largest absolute Gasteiger partial charge is 0.474 e. The SMILES string of the molecule is CC1CCC(C(C)C)C(Oc2cc(Cl)nc(C(C)C)n2)C1. The quantitative estimate of drug-likeness (QED) is 0.726. The molecule has 0 amide bonds. The number of ether oxygens (including phenoxy) is 1. The zero-order chi connectivity index (χ0) is 15.6. The number of nitrogens with zero attached hydrogens (tertiary/aromatic N) is 2. The summed E-state index contributed by atoms with van der Waals surface area (Å²) in [5.41, 5.74) is 0. The van der Waals surface area contributed by atoms with Crippen LogP contribution in [0.5, 0.6) is 5.88 Å². The molecule has 2 rings (SSSR count). The van der Waals surface area contributed by atoms with Gasteiger partial charge in [-0.25, -0.2) is 4.98 Å². The van der Waals surface area contributed by atoms with Crippen molar-refractivity contribution in [1.82, 2.24) is 9.97 Å². The Labute approximate surface area is 133 Å². The molecule has 0 N–H and O–H groups in total. The van der Waals surface area contributed by atoms with Crippen molar-refractivity contribution in [3.05, 3.63) is 17.0 Å². The second-order valence-electron chi connectivity index (χ2n) is 7.02. The van der Waals surface area contributed by atoms with Crippen LogP contribution < -0.4 is 4.74 Å². The van der Waals surface area contributed by atoms with Crippen molar-refractivity contribution in [3.8, 4) is 5.88 Å². The fourth-order valence-corrected chi connectivity index (χ4v) is 3.32. The Morgan fingerprint density at radius 3 is 2.52 bits per heavy atom. The Bertz CT molecular complexity index is 476. The van der Waals surface area contributed by atoms with E-state index < -0.39 is 0 Å². The molecule has 3 unspecified atom stereocenters. The van der Waals surface area contributed by atoms with Gasteiger partial charge in [0.05, 0.1) is 0 Å². The molecule has 0 aromatic carbocycles. The Hall–Kier alpha value is -0.830. The molecular formula is C17H27ClN2O. The molecule has 0 bridgehead atoms. The van der Waals surface area contributed by atoms with Crippen LogP contribution in [-0.2, 0) is 0 Å². The van der Waals surface area contributed by atoms with Crippen molar-refractivity contribution in [1.29, 1.82) is 0 Å². The van der Waals surface area contributed by atoms with Crippen molar-refractivity contribution in [2.24, 2.45) is 17.8 Å². The minimum absolute atomic E-state index is 0.236. The molecule has 0 spiro atoms. The molecule has 1 heterocycles. The molecule has 1 saturated carbocycles. The standard InChI is InChI=1S/C17H27ClN2O/c1-10(2)13-7-6-12(5)8-14(13)21-16-9-15(18)19-17(20-16)11(3)4/h9-14H,6-8H2,1-5H3. The van der Waals surface area contributed by atoms with E-state index in [9.17, 15) is 0 Å². The summed E-state index contributed by atoms with van der Waals surface area (Å²) < 4.78 is 6.24. The molecule has 1 fully saturated rings. The summed E-state index contributed by atoms with van der Waals surface area (Å²) in [6.45, 7) is 11.0. The molecule has 3 atom stereocenters. The van der Waals surface area contributed by atoms with Crippen molar-refractivity contribution < 1.29 is 4.74 Å². The fraction of sp³-hybridized carbons (Fsp3) is 0.765. The molecule has 0 aliphatic heterocycles. The van der Waals surface area contributed by atoms with Gasteiger partial charge in [-0.2, -0.15) is 4.98 Å². The van der Waals surface area contributed by atoms with Crippen LogP contribution in [0.1, 0.15) is 65.6 Å². The highest BCUT2D eigenvalue weighted by molar-refractivity contribution is 6.29. The lowest BCUT2D eigenvalue weighted by molar-refractivity contribution is 0.0423. The summed E-state index contributed by atoms with van der Waals surface area (Å²) in [4.78, 5) is 8.80. The molecule has 3 nitrogen and oxygen atoms in total. The van der Waals surface area contributed by atoms with Crippen molar-refractivity contribution in [3.63, 3.8) is 0 Å². The first-order chi connectivity index (χ1) is 9.86. The van der Waals surface area contributed by atoms with Gasteiger partial charge in [-0.05, 0) is 30.6 Å². The Morgan fingerprint density at radius 2 is 1.90 bits per heavy atom. The van der Waals surface area contributed by atoms with Gasteiger partial charge < -0.3 is 4.74 Å². The van der Waals surface area contributed by atoms with Crippen molar-refractivity contribution >= 4 is 11.6 Å². The van der Waals surface area contributed by atoms with Crippen LogP contribution in [0.4, 0.5) is 0 Å². The van der Waals surface area contributed by atoms with E-state index in [4.69, 9.17) is 16.3 Å². The van der Waals surface area contributed by atoms with E-state index in [0.717, 1.165) is 12.2 Å². The highest BCUT2D eigenvalue weighted by Crippen LogP contribution is 2.36. The number of hydrogen-bond acceptors (Lipinski definition) is 3. The van der Waals surface area contributed by atoms with E-state index in [-0.39, 0.29) is 12.0 Å². The van der Waals surface area contributed by atoms with Gasteiger partial charge in [-0.15, -0.1) is 0 Å². The third-order valence-electron chi connectivity index (χ3n) is 4.44. The van der Waals surface area contributed by atoms with Crippen LogP contribution in [0.25, 0.3) is 0 Å². The summed E-state index contributed by atoms with van der Waals surface area (Å²) in [6.07, 6.45) is 3.87.